The summed E-state index contributed by atoms with van der Waals surface area (Å²) in [5.74, 6) is -0.142. The van der Waals surface area contributed by atoms with Gasteiger partial charge in [0.15, 0.2) is 0 Å². The van der Waals surface area contributed by atoms with Gasteiger partial charge in [0.1, 0.15) is 5.82 Å². The highest BCUT2D eigenvalue weighted by atomic mass is 19.1. The van der Waals surface area contributed by atoms with Crippen LogP contribution in [0.3, 0.4) is 0 Å². The van der Waals surface area contributed by atoms with E-state index in [0.717, 1.165) is 11.1 Å². The molecule has 0 aliphatic carbocycles. The molecule has 2 heteroatoms. The lowest BCUT2D eigenvalue weighted by atomic mass is 10.2. The summed E-state index contributed by atoms with van der Waals surface area (Å²) < 4.78 is 15.0. The van der Waals surface area contributed by atoms with Crippen LogP contribution in [0.5, 0.6) is 0 Å². The summed E-state index contributed by atoms with van der Waals surface area (Å²) in [6.45, 7) is 5.99. The highest BCUT2D eigenvalue weighted by Crippen LogP contribution is 2.21. The molecule has 0 aliphatic rings. The molecular formula is C12H16FN. The lowest BCUT2D eigenvalue weighted by Gasteiger charge is -1.98. The van der Waals surface area contributed by atoms with Crippen LogP contribution in [-0.4, -0.2) is 4.57 Å². The van der Waals surface area contributed by atoms with E-state index in [0.29, 0.717) is 5.39 Å². The monoisotopic (exact) mass is 193 g/mol. The van der Waals surface area contributed by atoms with E-state index in [1.165, 1.54) is 6.20 Å². The minimum atomic E-state index is -0.142. The van der Waals surface area contributed by atoms with Crippen molar-refractivity contribution in [3.63, 3.8) is 0 Å². The first kappa shape index (κ1) is 10.8. The first-order valence-corrected chi connectivity index (χ1v) is 4.90. The number of rotatable bonds is 0. The standard InChI is InChI=1S/C10H10FN.C2H6/c1-7-4-3-5-8-9(11)6-12(2)10(7)8;1-2/h3-6H,1-2H3;1-2H3. The molecule has 0 amide bonds. The van der Waals surface area contributed by atoms with Crippen LogP contribution in [0.15, 0.2) is 24.4 Å². The molecule has 0 saturated carbocycles. The fourth-order valence-corrected chi connectivity index (χ4v) is 1.62. The summed E-state index contributed by atoms with van der Waals surface area (Å²) >= 11 is 0. The normalized spacial score (nSPS) is 9.79. The molecule has 0 radical (unpaired) electrons. The van der Waals surface area contributed by atoms with Gasteiger partial charge in [-0.25, -0.2) is 4.39 Å². The summed E-state index contributed by atoms with van der Waals surface area (Å²) in [6, 6.07) is 5.67. The van der Waals surface area contributed by atoms with Crippen molar-refractivity contribution in [1.29, 1.82) is 0 Å². The van der Waals surface area contributed by atoms with Crippen molar-refractivity contribution in [2.24, 2.45) is 7.05 Å². The van der Waals surface area contributed by atoms with Gasteiger partial charge in [0.05, 0.1) is 5.52 Å². The minimum Gasteiger partial charge on any atom is -0.347 e. The fourth-order valence-electron chi connectivity index (χ4n) is 1.62. The molecular weight excluding hydrogens is 177 g/mol. The Bertz CT molecular complexity index is 429. The maximum absolute atomic E-state index is 13.2. The van der Waals surface area contributed by atoms with Crippen molar-refractivity contribution < 1.29 is 4.39 Å². The van der Waals surface area contributed by atoms with Gasteiger partial charge in [-0.15, -0.1) is 0 Å². The molecule has 1 heterocycles. The van der Waals surface area contributed by atoms with E-state index < -0.39 is 0 Å². The summed E-state index contributed by atoms with van der Waals surface area (Å²) in [7, 11) is 1.86. The SMILES string of the molecule is CC.Cc1cccc2c(F)cn(C)c12. The van der Waals surface area contributed by atoms with Gasteiger partial charge in [-0.3, -0.25) is 0 Å². The van der Waals surface area contributed by atoms with Crippen LogP contribution in [0.4, 0.5) is 4.39 Å². The zero-order valence-corrected chi connectivity index (χ0v) is 9.13. The van der Waals surface area contributed by atoms with E-state index in [4.69, 9.17) is 0 Å². The van der Waals surface area contributed by atoms with E-state index in [1.807, 2.05) is 44.5 Å². The second kappa shape index (κ2) is 4.27. The van der Waals surface area contributed by atoms with Gasteiger partial charge in [-0.05, 0) is 18.6 Å². The number of hydrogen-bond donors (Lipinski definition) is 0. The van der Waals surface area contributed by atoms with Crippen LogP contribution < -0.4 is 0 Å². The lowest BCUT2D eigenvalue weighted by molar-refractivity contribution is 0.633. The highest BCUT2D eigenvalue weighted by Gasteiger charge is 2.06. The Hall–Kier alpha value is -1.31. The predicted octanol–water partition coefficient (Wildman–Crippen LogP) is 3.65. The van der Waals surface area contributed by atoms with Gasteiger partial charge in [0, 0.05) is 18.6 Å². The van der Waals surface area contributed by atoms with Crippen LogP contribution in [0.25, 0.3) is 10.9 Å². The number of fused-ring (bicyclic) bond motifs is 1. The first-order valence-electron chi connectivity index (χ1n) is 4.90. The Morgan fingerprint density at radius 3 is 2.43 bits per heavy atom. The van der Waals surface area contributed by atoms with Crippen molar-refractivity contribution in [1.82, 2.24) is 4.57 Å². The molecule has 1 aromatic heterocycles. The summed E-state index contributed by atoms with van der Waals surface area (Å²) in [5, 5.41) is 0.706. The van der Waals surface area contributed by atoms with Crippen LogP contribution in [-0.2, 0) is 7.05 Å². The number of aryl methyl sites for hydroxylation is 2. The van der Waals surface area contributed by atoms with Crippen LogP contribution in [0.1, 0.15) is 19.4 Å². The molecule has 0 atom stereocenters. The van der Waals surface area contributed by atoms with E-state index in [1.54, 1.807) is 6.07 Å². The Morgan fingerprint density at radius 1 is 1.21 bits per heavy atom. The number of benzene rings is 1. The molecule has 0 N–H and O–H groups in total. The Kier molecular flexibility index (Phi) is 3.28. The zero-order valence-electron chi connectivity index (χ0n) is 9.13. The molecule has 76 valence electrons. The molecule has 0 bridgehead atoms. The van der Waals surface area contributed by atoms with Gasteiger partial charge >= 0.3 is 0 Å². The smallest absolute Gasteiger partial charge is 0.148 e. The molecule has 0 spiro atoms. The molecule has 0 aliphatic heterocycles. The highest BCUT2D eigenvalue weighted by molar-refractivity contribution is 5.83. The topological polar surface area (TPSA) is 4.93 Å². The van der Waals surface area contributed by atoms with Gasteiger partial charge in [0.2, 0.25) is 0 Å². The van der Waals surface area contributed by atoms with E-state index in [-0.39, 0.29) is 5.82 Å². The van der Waals surface area contributed by atoms with Gasteiger partial charge in [-0.2, -0.15) is 0 Å². The summed E-state index contributed by atoms with van der Waals surface area (Å²) in [6.07, 6.45) is 1.51. The number of para-hydroxylation sites is 1. The average molecular weight is 193 g/mol. The van der Waals surface area contributed by atoms with Gasteiger partial charge in [-0.1, -0.05) is 26.0 Å². The van der Waals surface area contributed by atoms with E-state index in [2.05, 4.69) is 0 Å². The maximum Gasteiger partial charge on any atom is 0.148 e. The second-order valence-corrected chi connectivity index (χ2v) is 3.06. The zero-order chi connectivity index (χ0) is 10.7. The number of aromatic nitrogens is 1. The average Bonchev–Trinajstić information content (AvgIpc) is 2.47. The number of halogens is 1. The maximum atomic E-state index is 13.2. The third-order valence-electron chi connectivity index (χ3n) is 2.15. The molecule has 2 rings (SSSR count). The van der Waals surface area contributed by atoms with Crippen molar-refractivity contribution >= 4 is 10.9 Å². The second-order valence-electron chi connectivity index (χ2n) is 3.06. The Morgan fingerprint density at radius 2 is 1.86 bits per heavy atom. The molecule has 1 nitrogen and oxygen atoms in total. The van der Waals surface area contributed by atoms with Crippen molar-refractivity contribution in [2.45, 2.75) is 20.8 Å². The van der Waals surface area contributed by atoms with Crippen molar-refractivity contribution in [3.05, 3.63) is 35.8 Å². The third-order valence-corrected chi connectivity index (χ3v) is 2.15. The molecule has 0 fully saturated rings. The lowest BCUT2D eigenvalue weighted by Crippen LogP contribution is -1.86. The molecule has 0 saturated heterocycles. The van der Waals surface area contributed by atoms with Gasteiger partial charge < -0.3 is 4.57 Å². The van der Waals surface area contributed by atoms with E-state index >= 15 is 0 Å². The molecule has 1 aromatic carbocycles. The Labute approximate surface area is 84.2 Å². The van der Waals surface area contributed by atoms with Crippen molar-refractivity contribution in [2.75, 3.05) is 0 Å². The molecule has 14 heavy (non-hydrogen) atoms. The molecule has 2 aromatic rings. The fraction of sp³-hybridized carbons (Fsp3) is 0.333. The van der Waals surface area contributed by atoms with Crippen LogP contribution in [0.2, 0.25) is 0 Å². The minimum absolute atomic E-state index is 0.142. The van der Waals surface area contributed by atoms with Crippen LogP contribution in [0, 0.1) is 12.7 Å². The first-order chi connectivity index (χ1) is 6.70. The number of nitrogens with zero attached hydrogens (tertiary/aromatic N) is 1. The molecule has 0 unspecified atom stereocenters. The predicted molar refractivity (Wildman–Crippen MR) is 59.0 cm³/mol. The quantitative estimate of drug-likeness (QED) is 0.602. The largest absolute Gasteiger partial charge is 0.347 e. The Balaban J connectivity index is 0.000000461. The number of hydrogen-bond acceptors (Lipinski definition) is 0. The third kappa shape index (κ3) is 1.65. The van der Waals surface area contributed by atoms with E-state index in [9.17, 15) is 4.39 Å². The van der Waals surface area contributed by atoms with Crippen LogP contribution >= 0.6 is 0 Å². The van der Waals surface area contributed by atoms with Gasteiger partial charge in [0.25, 0.3) is 0 Å². The summed E-state index contributed by atoms with van der Waals surface area (Å²) in [4.78, 5) is 0. The van der Waals surface area contributed by atoms with Crippen molar-refractivity contribution in [3.8, 4) is 0 Å². The summed E-state index contributed by atoms with van der Waals surface area (Å²) in [5.41, 5.74) is 2.09.